The van der Waals surface area contributed by atoms with E-state index in [4.69, 9.17) is 5.73 Å². The van der Waals surface area contributed by atoms with Crippen LogP contribution in [0, 0.1) is 16.7 Å². The molecule has 1 rings (SSSR count). The molecule has 0 spiro atoms. The molecule has 0 aliphatic heterocycles. The van der Waals surface area contributed by atoms with Crippen LogP contribution in [0.3, 0.4) is 0 Å². The summed E-state index contributed by atoms with van der Waals surface area (Å²) >= 11 is 0. The summed E-state index contributed by atoms with van der Waals surface area (Å²) in [6.07, 6.45) is 0. The maximum atomic E-state index is 9.20. The van der Waals surface area contributed by atoms with Gasteiger partial charge in [-0.1, -0.05) is 51.1 Å². The molecule has 0 heterocycles. The zero-order chi connectivity index (χ0) is 10.8. The van der Waals surface area contributed by atoms with Gasteiger partial charge in [0.25, 0.3) is 0 Å². The van der Waals surface area contributed by atoms with Gasteiger partial charge in [0, 0.05) is 0 Å². The number of hydrogen-bond acceptors (Lipinski definition) is 2. The number of nitrogens with zero attached hydrogens (tertiary/aromatic N) is 1. The second-order valence-electron chi connectivity index (χ2n) is 4.54. The molecule has 1 unspecified atom stereocenters. The van der Waals surface area contributed by atoms with Gasteiger partial charge in [0.2, 0.25) is 0 Å². The van der Waals surface area contributed by atoms with Gasteiger partial charge in [0.1, 0.15) is 5.54 Å². The van der Waals surface area contributed by atoms with Gasteiger partial charge >= 0.3 is 0 Å². The van der Waals surface area contributed by atoms with Crippen LogP contribution in [0.25, 0.3) is 0 Å². The Balaban J connectivity index is 3.25. The molecule has 0 amide bonds. The highest BCUT2D eigenvalue weighted by atomic mass is 14.8. The molecule has 0 aliphatic carbocycles. The minimum Gasteiger partial charge on any atom is -0.309 e. The molecule has 0 aromatic heterocycles. The van der Waals surface area contributed by atoms with Crippen LogP contribution < -0.4 is 5.73 Å². The van der Waals surface area contributed by atoms with Gasteiger partial charge in [-0.2, -0.15) is 5.26 Å². The summed E-state index contributed by atoms with van der Waals surface area (Å²) in [6.45, 7) is 5.93. The molecule has 0 aliphatic rings. The molecule has 2 nitrogen and oxygen atoms in total. The molecule has 2 N–H and O–H groups in total. The Kier molecular flexibility index (Phi) is 2.64. The highest BCUT2D eigenvalue weighted by Gasteiger charge is 2.40. The van der Waals surface area contributed by atoms with Gasteiger partial charge < -0.3 is 5.73 Å². The Labute approximate surface area is 85.4 Å². The minimum absolute atomic E-state index is 0.275. The topological polar surface area (TPSA) is 49.8 Å². The average Bonchev–Trinajstić information content (AvgIpc) is 2.16. The lowest BCUT2D eigenvalue weighted by Crippen LogP contribution is -2.47. The molecule has 74 valence electrons. The van der Waals surface area contributed by atoms with Gasteiger partial charge in [-0.15, -0.1) is 0 Å². The van der Waals surface area contributed by atoms with E-state index in [1.54, 1.807) is 0 Å². The maximum absolute atomic E-state index is 9.20. The van der Waals surface area contributed by atoms with Crippen LogP contribution in [-0.2, 0) is 5.54 Å². The molecule has 1 atom stereocenters. The molecule has 0 radical (unpaired) electrons. The Morgan fingerprint density at radius 1 is 1.14 bits per heavy atom. The summed E-state index contributed by atoms with van der Waals surface area (Å²) in [6, 6.07) is 11.7. The van der Waals surface area contributed by atoms with Crippen molar-refractivity contribution < 1.29 is 0 Å². The van der Waals surface area contributed by atoms with E-state index in [9.17, 15) is 5.26 Å². The Bertz CT molecular complexity index is 343. The summed E-state index contributed by atoms with van der Waals surface area (Å²) in [5, 5.41) is 9.20. The first-order chi connectivity index (χ1) is 6.42. The molecular weight excluding hydrogens is 172 g/mol. The van der Waals surface area contributed by atoms with E-state index < -0.39 is 5.54 Å². The highest BCUT2D eigenvalue weighted by Crippen LogP contribution is 2.36. The van der Waals surface area contributed by atoms with E-state index in [0.717, 1.165) is 5.56 Å². The van der Waals surface area contributed by atoms with Gasteiger partial charge in [0.15, 0.2) is 0 Å². The van der Waals surface area contributed by atoms with Crippen LogP contribution in [0.1, 0.15) is 26.3 Å². The summed E-state index contributed by atoms with van der Waals surface area (Å²) < 4.78 is 0. The summed E-state index contributed by atoms with van der Waals surface area (Å²) in [7, 11) is 0. The Hall–Kier alpha value is -1.33. The fourth-order valence-electron chi connectivity index (χ4n) is 1.37. The Morgan fingerprint density at radius 2 is 1.64 bits per heavy atom. The van der Waals surface area contributed by atoms with Crippen LogP contribution in [0.15, 0.2) is 30.3 Å². The van der Waals surface area contributed by atoms with Crippen molar-refractivity contribution in [2.24, 2.45) is 11.1 Å². The predicted octanol–water partition coefficient (Wildman–Crippen LogP) is 2.41. The first kappa shape index (κ1) is 10.7. The Morgan fingerprint density at radius 3 is 2.00 bits per heavy atom. The zero-order valence-corrected chi connectivity index (χ0v) is 8.91. The lowest BCUT2D eigenvalue weighted by Gasteiger charge is -2.35. The van der Waals surface area contributed by atoms with Gasteiger partial charge in [-0.3, -0.25) is 0 Å². The van der Waals surface area contributed by atoms with Crippen LogP contribution in [0.5, 0.6) is 0 Å². The molecule has 0 saturated heterocycles. The lowest BCUT2D eigenvalue weighted by molar-refractivity contribution is 0.252. The summed E-state index contributed by atoms with van der Waals surface area (Å²) in [4.78, 5) is 0. The fourth-order valence-corrected chi connectivity index (χ4v) is 1.37. The van der Waals surface area contributed by atoms with Gasteiger partial charge in [0.05, 0.1) is 6.07 Å². The molecule has 0 fully saturated rings. The standard InChI is InChI=1S/C12H16N2/c1-11(2,3)12(14,9-13)10-7-5-4-6-8-10/h4-8H,14H2,1-3H3. The van der Waals surface area contributed by atoms with Crippen LogP contribution in [0.4, 0.5) is 0 Å². The van der Waals surface area contributed by atoms with E-state index >= 15 is 0 Å². The van der Waals surface area contributed by atoms with Crippen molar-refractivity contribution in [3.05, 3.63) is 35.9 Å². The second-order valence-corrected chi connectivity index (χ2v) is 4.54. The summed E-state index contributed by atoms with van der Waals surface area (Å²) in [5.41, 5.74) is 5.81. The van der Waals surface area contributed by atoms with E-state index in [-0.39, 0.29) is 5.41 Å². The van der Waals surface area contributed by atoms with Crippen LogP contribution in [-0.4, -0.2) is 0 Å². The number of rotatable bonds is 1. The van der Waals surface area contributed by atoms with Crippen molar-refractivity contribution >= 4 is 0 Å². The molecule has 1 aromatic rings. The quantitative estimate of drug-likeness (QED) is 0.735. The largest absolute Gasteiger partial charge is 0.309 e. The number of nitriles is 1. The van der Waals surface area contributed by atoms with Crippen molar-refractivity contribution in [3.8, 4) is 6.07 Å². The van der Waals surface area contributed by atoms with E-state index in [1.807, 2.05) is 51.1 Å². The SMILES string of the molecule is CC(C)(C)C(N)(C#N)c1ccccc1. The second kappa shape index (κ2) is 3.43. The lowest BCUT2D eigenvalue weighted by atomic mass is 9.71. The first-order valence-corrected chi connectivity index (χ1v) is 4.67. The van der Waals surface area contributed by atoms with E-state index in [0.29, 0.717) is 0 Å². The van der Waals surface area contributed by atoms with Crippen molar-refractivity contribution in [1.82, 2.24) is 0 Å². The molecular formula is C12H16N2. The fraction of sp³-hybridized carbons (Fsp3) is 0.417. The van der Waals surface area contributed by atoms with Crippen molar-refractivity contribution in [3.63, 3.8) is 0 Å². The van der Waals surface area contributed by atoms with E-state index in [1.165, 1.54) is 0 Å². The van der Waals surface area contributed by atoms with Crippen LogP contribution >= 0.6 is 0 Å². The van der Waals surface area contributed by atoms with Gasteiger partial charge in [-0.25, -0.2) is 0 Å². The third-order valence-electron chi connectivity index (χ3n) is 2.59. The van der Waals surface area contributed by atoms with Gasteiger partial charge in [-0.05, 0) is 11.0 Å². The maximum Gasteiger partial charge on any atom is 0.134 e. The zero-order valence-electron chi connectivity index (χ0n) is 8.91. The molecule has 1 aromatic carbocycles. The molecule has 2 heteroatoms. The number of hydrogen-bond donors (Lipinski definition) is 1. The minimum atomic E-state index is -0.922. The third kappa shape index (κ3) is 1.64. The molecule has 0 bridgehead atoms. The predicted molar refractivity (Wildman–Crippen MR) is 57.4 cm³/mol. The monoisotopic (exact) mass is 188 g/mol. The van der Waals surface area contributed by atoms with E-state index in [2.05, 4.69) is 6.07 Å². The molecule has 14 heavy (non-hydrogen) atoms. The average molecular weight is 188 g/mol. The smallest absolute Gasteiger partial charge is 0.134 e. The van der Waals surface area contributed by atoms with Crippen molar-refractivity contribution in [2.75, 3.05) is 0 Å². The van der Waals surface area contributed by atoms with Crippen LogP contribution in [0.2, 0.25) is 0 Å². The number of nitrogens with two attached hydrogens (primary N) is 1. The third-order valence-corrected chi connectivity index (χ3v) is 2.59. The first-order valence-electron chi connectivity index (χ1n) is 4.67. The highest BCUT2D eigenvalue weighted by molar-refractivity contribution is 5.33. The number of benzene rings is 1. The normalized spacial score (nSPS) is 15.6. The summed E-state index contributed by atoms with van der Waals surface area (Å²) in [5.74, 6) is 0. The van der Waals surface area contributed by atoms with Crippen molar-refractivity contribution in [2.45, 2.75) is 26.3 Å². The van der Waals surface area contributed by atoms with Crippen molar-refractivity contribution in [1.29, 1.82) is 5.26 Å². The molecule has 0 saturated carbocycles.